The second kappa shape index (κ2) is 6.87. The number of nitrogens with zero attached hydrogens (tertiary/aromatic N) is 4. The Kier molecular flexibility index (Phi) is 5.12. The van der Waals surface area contributed by atoms with Crippen LogP contribution in [0.2, 0.25) is 0 Å². The number of amides is 1. The molecule has 1 amide bonds. The summed E-state index contributed by atoms with van der Waals surface area (Å²) >= 11 is 0. The topological polar surface area (TPSA) is 93.3 Å². The molecule has 0 aliphatic carbocycles. The van der Waals surface area contributed by atoms with Crippen LogP contribution in [0.25, 0.3) is 0 Å². The molecule has 0 radical (unpaired) electrons. The van der Waals surface area contributed by atoms with Gasteiger partial charge in [-0.1, -0.05) is 6.92 Å². The van der Waals surface area contributed by atoms with Crippen molar-refractivity contribution < 1.29 is 9.72 Å². The lowest BCUT2D eigenvalue weighted by atomic mass is 10.0. The van der Waals surface area contributed by atoms with Crippen LogP contribution in [0.3, 0.4) is 0 Å². The number of hydrogen-bond acceptors (Lipinski definition) is 5. The third kappa shape index (κ3) is 4.03. The summed E-state index contributed by atoms with van der Waals surface area (Å²) in [4.78, 5) is 24.7. The molecular formula is C14H23N5O3. The first-order valence-electron chi connectivity index (χ1n) is 7.54. The van der Waals surface area contributed by atoms with E-state index in [0.717, 1.165) is 25.9 Å². The van der Waals surface area contributed by atoms with Crippen LogP contribution >= 0.6 is 0 Å². The highest BCUT2D eigenvalue weighted by atomic mass is 16.6. The van der Waals surface area contributed by atoms with Crippen LogP contribution < -0.4 is 5.32 Å². The maximum Gasteiger partial charge on any atom is 0.390 e. The quantitative estimate of drug-likeness (QED) is 0.645. The molecule has 0 bridgehead atoms. The number of piperidine rings is 1. The highest BCUT2D eigenvalue weighted by molar-refractivity contribution is 5.78. The molecule has 8 nitrogen and oxygen atoms in total. The van der Waals surface area contributed by atoms with E-state index in [9.17, 15) is 14.9 Å². The molecule has 2 rings (SSSR count). The Labute approximate surface area is 129 Å². The van der Waals surface area contributed by atoms with Gasteiger partial charge in [0.25, 0.3) is 0 Å². The molecule has 1 aliphatic heterocycles. The third-order valence-corrected chi connectivity index (χ3v) is 4.11. The fraction of sp³-hybridized carbons (Fsp3) is 0.714. The van der Waals surface area contributed by atoms with Gasteiger partial charge in [0.2, 0.25) is 5.91 Å². The molecule has 122 valence electrons. The van der Waals surface area contributed by atoms with Crippen LogP contribution in [0.1, 0.15) is 25.5 Å². The Hall–Kier alpha value is -1.96. The molecule has 1 aromatic rings. The van der Waals surface area contributed by atoms with E-state index < -0.39 is 4.92 Å². The van der Waals surface area contributed by atoms with Crippen molar-refractivity contribution in [2.45, 2.75) is 39.3 Å². The van der Waals surface area contributed by atoms with E-state index in [2.05, 4.69) is 22.4 Å². The van der Waals surface area contributed by atoms with Crippen LogP contribution in [0, 0.1) is 23.0 Å². The summed E-state index contributed by atoms with van der Waals surface area (Å²) in [5.41, 5.74) is 0.686. The summed E-state index contributed by atoms with van der Waals surface area (Å²) in [5, 5.41) is 17.7. The standard InChI is InChI=1S/C14H23N5O3/c1-10(9-18-11(2)8-13(16-18)19(21)22)14(20)15-12-4-6-17(3)7-5-12/h8,10,12H,4-7,9H2,1-3H3,(H,15,20). The molecule has 8 heteroatoms. The second-order valence-corrected chi connectivity index (χ2v) is 6.07. The summed E-state index contributed by atoms with van der Waals surface area (Å²) in [7, 11) is 2.08. The van der Waals surface area contributed by atoms with E-state index in [1.54, 1.807) is 6.92 Å². The highest BCUT2D eigenvalue weighted by Gasteiger charge is 2.24. The summed E-state index contributed by atoms with van der Waals surface area (Å²) in [6, 6.07) is 1.64. The smallest absolute Gasteiger partial charge is 0.358 e. The van der Waals surface area contributed by atoms with E-state index >= 15 is 0 Å². The Bertz CT molecular complexity index is 549. The maximum atomic E-state index is 12.2. The second-order valence-electron chi connectivity index (χ2n) is 6.07. The molecule has 1 fully saturated rings. The Morgan fingerprint density at radius 2 is 2.18 bits per heavy atom. The van der Waals surface area contributed by atoms with Crippen molar-refractivity contribution in [3.05, 3.63) is 21.9 Å². The zero-order valence-electron chi connectivity index (χ0n) is 13.3. The summed E-state index contributed by atoms with van der Waals surface area (Å²) in [5.74, 6) is -0.481. The van der Waals surface area contributed by atoms with Gasteiger partial charge in [0.05, 0.1) is 29.3 Å². The molecule has 1 aromatic heterocycles. The van der Waals surface area contributed by atoms with E-state index in [0.29, 0.717) is 12.2 Å². The van der Waals surface area contributed by atoms with E-state index in [1.165, 1.54) is 10.7 Å². The van der Waals surface area contributed by atoms with Crippen molar-refractivity contribution >= 4 is 11.7 Å². The van der Waals surface area contributed by atoms with Crippen molar-refractivity contribution in [3.63, 3.8) is 0 Å². The van der Waals surface area contributed by atoms with E-state index in [-0.39, 0.29) is 23.7 Å². The molecule has 1 aliphatic rings. The molecule has 1 saturated heterocycles. The summed E-state index contributed by atoms with van der Waals surface area (Å²) < 4.78 is 1.52. The van der Waals surface area contributed by atoms with Crippen molar-refractivity contribution in [1.29, 1.82) is 0 Å². The van der Waals surface area contributed by atoms with Crippen LogP contribution in [-0.2, 0) is 11.3 Å². The molecule has 0 aromatic carbocycles. The lowest BCUT2D eigenvalue weighted by Crippen LogP contribution is -2.45. The lowest BCUT2D eigenvalue weighted by molar-refractivity contribution is -0.389. The normalized spacial score (nSPS) is 18.1. The SMILES string of the molecule is Cc1cc([N+](=O)[O-])nn1CC(C)C(=O)NC1CCN(C)CC1. The minimum Gasteiger partial charge on any atom is -0.358 e. The average Bonchev–Trinajstić information content (AvgIpc) is 2.83. The highest BCUT2D eigenvalue weighted by Crippen LogP contribution is 2.14. The van der Waals surface area contributed by atoms with E-state index in [1.807, 2.05) is 6.92 Å². The number of carbonyl (C=O) groups is 1. The van der Waals surface area contributed by atoms with Crippen molar-refractivity contribution in [1.82, 2.24) is 20.0 Å². The molecule has 2 heterocycles. The fourth-order valence-corrected chi connectivity index (χ4v) is 2.61. The van der Waals surface area contributed by atoms with Gasteiger partial charge in [-0.2, -0.15) is 4.68 Å². The largest absolute Gasteiger partial charge is 0.390 e. The Morgan fingerprint density at radius 1 is 1.55 bits per heavy atom. The minimum atomic E-state index is -0.521. The summed E-state index contributed by atoms with van der Waals surface area (Å²) in [6.07, 6.45) is 1.92. The van der Waals surface area contributed by atoms with Gasteiger partial charge in [-0.25, -0.2) is 0 Å². The first kappa shape index (κ1) is 16.4. The Balaban J connectivity index is 1.89. The van der Waals surface area contributed by atoms with Crippen LogP contribution in [-0.4, -0.2) is 51.7 Å². The predicted octanol–water partition coefficient (Wildman–Crippen LogP) is 0.946. The van der Waals surface area contributed by atoms with Gasteiger partial charge in [0, 0.05) is 6.04 Å². The fourth-order valence-electron chi connectivity index (χ4n) is 2.61. The zero-order chi connectivity index (χ0) is 16.3. The minimum absolute atomic E-state index is 0.0212. The third-order valence-electron chi connectivity index (χ3n) is 4.11. The van der Waals surface area contributed by atoms with E-state index in [4.69, 9.17) is 0 Å². The molecule has 1 N–H and O–H groups in total. The predicted molar refractivity (Wildman–Crippen MR) is 81.4 cm³/mol. The van der Waals surface area contributed by atoms with Gasteiger partial charge in [-0.3, -0.25) is 4.79 Å². The number of nitrogens with one attached hydrogen (secondary N) is 1. The monoisotopic (exact) mass is 309 g/mol. The number of hydrogen-bond donors (Lipinski definition) is 1. The van der Waals surface area contributed by atoms with Crippen LogP contribution in [0.4, 0.5) is 5.82 Å². The zero-order valence-corrected chi connectivity index (χ0v) is 13.3. The molecular weight excluding hydrogens is 286 g/mol. The number of aryl methyl sites for hydroxylation is 1. The average molecular weight is 309 g/mol. The molecule has 0 saturated carbocycles. The molecule has 0 spiro atoms. The molecule has 1 unspecified atom stereocenters. The van der Waals surface area contributed by atoms with Crippen LogP contribution in [0.15, 0.2) is 6.07 Å². The number of nitro groups is 1. The van der Waals surface area contributed by atoms with Gasteiger partial charge in [-0.05, 0) is 44.8 Å². The van der Waals surface area contributed by atoms with Crippen molar-refractivity contribution in [2.24, 2.45) is 5.92 Å². The lowest BCUT2D eigenvalue weighted by Gasteiger charge is -2.30. The number of aromatic nitrogens is 2. The summed E-state index contributed by atoms with van der Waals surface area (Å²) in [6.45, 7) is 5.89. The first-order chi connectivity index (χ1) is 10.4. The number of carbonyl (C=O) groups excluding carboxylic acids is 1. The van der Waals surface area contributed by atoms with Gasteiger partial charge in [0.1, 0.15) is 0 Å². The van der Waals surface area contributed by atoms with Crippen molar-refractivity contribution in [3.8, 4) is 0 Å². The van der Waals surface area contributed by atoms with Gasteiger partial charge >= 0.3 is 5.82 Å². The Morgan fingerprint density at radius 3 is 2.73 bits per heavy atom. The van der Waals surface area contributed by atoms with Crippen LogP contribution in [0.5, 0.6) is 0 Å². The van der Waals surface area contributed by atoms with Crippen molar-refractivity contribution in [2.75, 3.05) is 20.1 Å². The first-order valence-corrected chi connectivity index (χ1v) is 7.54. The maximum absolute atomic E-state index is 12.2. The molecule has 22 heavy (non-hydrogen) atoms. The van der Waals surface area contributed by atoms with Gasteiger partial charge in [-0.15, -0.1) is 0 Å². The van der Waals surface area contributed by atoms with Gasteiger partial charge in [0.15, 0.2) is 0 Å². The number of rotatable bonds is 5. The molecule has 1 atom stereocenters. The number of likely N-dealkylation sites (tertiary alicyclic amines) is 1. The van der Waals surface area contributed by atoms with Gasteiger partial charge < -0.3 is 20.3 Å².